The van der Waals surface area contributed by atoms with Gasteiger partial charge in [0.15, 0.2) is 0 Å². The lowest BCUT2D eigenvalue weighted by molar-refractivity contribution is 0.143. The molecule has 1 nitrogen and oxygen atoms in total. The summed E-state index contributed by atoms with van der Waals surface area (Å²) in [6, 6.07) is 0. The predicted octanol–water partition coefficient (Wildman–Crippen LogP) is 3.85. The van der Waals surface area contributed by atoms with E-state index in [9.17, 15) is 0 Å². The van der Waals surface area contributed by atoms with Gasteiger partial charge in [-0.1, -0.05) is 13.8 Å². The minimum atomic E-state index is 0.363. The van der Waals surface area contributed by atoms with Crippen LogP contribution >= 0.6 is 11.6 Å². The molecule has 0 amide bonds. The van der Waals surface area contributed by atoms with E-state index < -0.39 is 0 Å². The molecule has 0 N–H and O–H groups in total. The summed E-state index contributed by atoms with van der Waals surface area (Å²) in [5.74, 6) is 0.717. The molecule has 0 aromatic heterocycles. The number of unbranched alkanes of at least 4 members (excludes halogenated alkanes) is 1. The van der Waals surface area contributed by atoms with Crippen molar-refractivity contribution in [3.63, 3.8) is 0 Å². The molecule has 1 atom stereocenters. The van der Waals surface area contributed by atoms with Crippen LogP contribution in [-0.2, 0) is 4.74 Å². The van der Waals surface area contributed by atoms with Crippen molar-refractivity contribution < 1.29 is 4.74 Å². The quantitative estimate of drug-likeness (QED) is 0.433. The predicted molar refractivity (Wildman–Crippen MR) is 59.4 cm³/mol. The minimum Gasteiger partial charge on any atom is -0.382 e. The maximum Gasteiger partial charge on any atom is 0.0465 e. The zero-order valence-electron chi connectivity index (χ0n) is 9.18. The summed E-state index contributed by atoms with van der Waals surface area (Å²) in [6.07, 6.45) is 4.61. The van der Waals surface area contributed by atoms with Crippen molar-refractivity contribution in [2.45, 2.75) is 51.8 Å². The molecular formula is C11H23ClO. The second-order valence-corrected chi connectivity index (χ2v) is 4.54. The van der Waals surface area contributed by atoms with E-state index in [-0.39, 0.29) is 0 Å². The molecular weight excluding hydrogens is 184 g/mol. The van der Waals surface area contributed by atoms with E-state index in [1.54, 1.807) is 0 Å². The van der Waals surface area contributed by atoms with Gasteiger partial charge in [-0.25, -0.2) is 0 Å². The number of alkyl halides is 1. The topological polar surface area (TPSA) is 9.23 Å². The Kier molecular flexibility index (Phi) is 9.00. The Labute approximate surface area is 87.8 Å². The number of halogens is 1. The average Bonchev–Trinajstić information content (AvgIpc) is 2.02. The van der Waals surface area contributed by atoms with Crippen molar-refractivity contribution in [3.05, 3.63) is 0 Å². The van der Waals surface area contributed by atoms with Crippen LogP contribution in [0, 0.1) is 5.92 Å². The molecule has 0 radical (unpaired) electrons. The van der Waals surface area contributed by atoms with Crippen LogP contribution in [0.15, 0.2) is 0 Å². The Morgan fingerprint density at radius 2 is 1.92 bits per heavy atom. The molecule has 0 aromatic rings. The Bertz CT molecular complexity index is 104. The van der Waals surface area contributed by atoms with Crippen LogP contribution in [0.4, 0.5) is 0 Å². The molecule has 0 rings (SSSR count). The summed E-state index contributed by atoms with van der Waals surface area (Å²) in [4.78, 5) is 0. The molecule has 0 heterocycles. The number of ether oxygens (including phenoxy) is 1. The summed E-state index contributed by atoms with van der Waals surface area (Å²) < 4.78 is 5.25. The molecule has 0 bridgehead atoms. The van der Waals surface area contributed by atoms with Gasteiger partial charge >= 0.3 is 0 Å². The average molecular weight is 207 g/mol. The zero-order valence-corrected chi connectivity index (χ0v) is 9.94. The summed E-state index contributed by atoms with van der Waals surface area (Å²) in [5.41, 5.74) is 0. The van der Waals surface area contributed by atoms with Crippen molar-refractivity contribution in [1.29, 1.82) is 0 Å². The lowest BCUT2D eigenvalue weighted by Crippen LogP contribution is -2.04. The van der Waals surface area contributed by atoms with Crippen LogP contribution in [0.1, 0.15) is 46.5 Å². The van der Waals surface area contributed by atoms with E-state index in [1.165, 1.54) is 6.42 Å². The van der Waals surface area contributed by atoms with Crippen LogP contribution in [0.25, 0.3) is 0 Å². The van der Waals surface area contributed by atoms with E-state index in [1.807, 2.05) is 6.92 Å². The highest BCUT2D eigenvalue weighted by Gasteiger charge is 2.06. The fourth-order valence-electron chi connectivity index (χ4n) is 1.34. The van der Waals surface area contributed by atoms with E-state index in [0.717, 1.165) is 38.4 Å². The fraction of sp³-hybridized carbons (Fsp3) is 1.00. The van der Waals surface area contributed by atoms with Gasteiger partial charge < -0.3 is 4.74 Å². The molecule has 2 heteroatoms. The number of hydrogen-bond donors (Lipinski definition) is 0. The fourth-order valence-corrected chi connectivity index (χ4v) is 1.85. The molecule has 1 unspecified atom stereocenters. The summed E-state index contributed by atoms with van der Waals surface area (Å²) in [6.45, 7) is 8.19. The molecule has 13 heavy (non-hydrogen) atoms. The van der Waals surface area contributed by atoms with E-state index in [4.69, 9.17) is 16.3 Å². The Hall–Kier alpha value is 0.250. The Morgan fingerprint density at radius 1 is 1.23 bits per heavy atom. The lowest BCUT2D eigenvalue weighted by Gasteiger charge is -2.11. The molecule has 0 aliphatic carbocycles. The zero-order chi connectivity index (χ0) is 10.1. The van der Waals surface area contributed by atoms with Crippen LogP contribution < -0.4 is 0 Å². The van der Waals surface area contributed by atoms with Gasteiger partial charge in [-0.15, -0.1) is 11.6 Å². The lowest BCUT2D eigenvalue weighted by atomic mass is 10.0. The van der Waals surface area contributed by atoms with Gasteiger partial charge in [0.25, 0.3) is 0 Å². The molecule has 0 aliphatic rings. The first kappa shape index (κ1) is 13.2. The molecule has 80 valence electrons. The van der Waals surface area contributed by atoms with Gasteiger partial charge in [-0.05, 0) is 38.5 Å². The first-order valence-electron chi connectivity index (χ1n) is 5.38. The monoisotopic (exact) mass is 206 g/mol. The summed E-state index contributed by atoms with van der Waals surface area (Å²) in [7, 11) is 0. The third-order valence-corrected chi connectivity index (χ3v) is 2.38. The van der Waals surface area contributed by atoms with E-state index in [2.05, 4.69) is 13.8 Å². The molecule has 0 saturated carbocycles. The molecule has 0 aliphatic heterocycles. The van der Waals surface area contributed by atoms with Gasteiger partial charge in [-0.2, -0.15) is 0 Å². The van der Waals surface area contributed by atoms with Crippen molar-refractivity contribution in [3.8, 4) is 0 Å². The Balaban J connectivity index is 3.12. The maximum absolute atomic E-state index is 6.15. The van der Waals surface area contributed by atoms with Gasteiger partial charge in [0.05, 0.1) is 0 Å². The highest BCUT2D eigenvalue weighted by Crippen LogP contribution is 2.16. The second-order valence-electron chi connectivity index (χ2n) is 3.92. The van der Waals surface area contributed by atoms with Crippen LogP contribution in [0.2, 0.25) is 0 Å². The number of hydrogen-bond acceptors (Lipinski definition) is 1. The summed E-state index contributed by atoms with van der Waals surface area (Å²) >= 11 is 6.15. The van der Waals surface area contributed by atoms with E-state index >= 15 is 0 Å². The van der Waals surface area contributed by atoms with Crippen LogP contribution in [0.5, 0.6) is 0 Å². The largest absolute Gasteiger partial charge is 0.382 e. The third-order valence-electron chi connectivity index (χ3n) is 1.99. The van der Waals surface area contributed by atoms with Gasteiger partial charge in [0, 0.05) is 18.6 Å². The van der Waals surface area contributed by atoms with Gasteiger partial charge in [0.1, 0.15) is 0 Å². The van der Waals surface area contributed by atoms with Crippen LogP contribution in [-0.4, -0.2) is 18.6 Å². The van der Waals surface area contributed by atoms with Crippen molar-refractivity contribution in [2.24, 2.45) is 5.92 Å². The second kappa shape index (κ2) is 8.83. The van der Waals surface area contributed by atoms with Gasteiger partial charge in [-0.3, -0.25) is 0 Å². The number of rotatable bonds is 8. The third kappa shape index (κ3) is 10.2. The minimum absolute atomic E-state index is 0.363. The first-order valence-corrected chi connectivity index (χ1v) is 5.82. The molecule has 0 fully saturated rings. The van der Waals surface area contributed by atoms with Crippen molar-refractivity contribution in [1.82, 2.24) is 0 Å². The standard InChI is InChI=1S/C11H23ClO/c1-4-13-8-6-5-7-11(12)9-10(2)3/h10-11H,4-9H2,1-3H3. The molecule has 0 aromatic carbocycles. The first-order chi connectivity index (χ1) is 6.16. The smallest absolute Gasteiger partial charge is 0.0465 e. The molecule has 0 spiro atoms. The molecule has 0 saturated heterocycles. The van der Waals surface area contributed by atoms with Crippen molar-refractivity contribution >= 4 is 11.6 Å². The maximum atomic E-state index is 6.15. The van der Waals surface area contributed by atoms with Gasteiger partial charge in [0.2, 0.25) is 0 Å². The van der Waals surface area contributed by atoms with Crippen LogP contribution in [0.3, 0.4) is 0 Å². The van der Waals surface area contributed by atoms with Crippen molar-refractivity contribution in [2.75, 3.05) is 13.2 Å². The highest BCUT2D eigenvalue weighted by molar-refractivity contribution is 6.20. The van der Waals surface area contributed by atoms with E-state index in [0.29, 0.717) is 5.38 Å². The highest BCUT2D eigenvalue weighted by atomic mass is 35.5. The summed E-state index contributed by atoms with van der Waals surface area (Å²) in [5, 5.41) is 0.363. The Morgan fingerprint density at radius 3 is 2.46 bits per heavy atom. The SMILES string of the molecule is CCOCCCCC(Cl)CC(C)C. The normalized spacial score (nSPS) is 13.6.